The molecule has 0 aromatic heterocycles. The third-order valence-electron chi connectivity index (χ3n) is 2.28. The van der Waals surface area contributed by atoms with Crippen molar-refractivity contribution >= 4 is 20.9 Å². The van der Waals surface area contributed by atoms with Crippen molar-refractivity contribution in [3.63, 3.8) is 0 Å². The van der Waals surface area contributed by atoms with Crippen LogP contribution in [-0.4, -0.2) is 22.5 Å². The summed E-state index contributed by atoms with van der Waals surface area (Å²) >= 11 is 5.98. The molecule has 0 aliphatic rings. The molecular weight excluding hydrogens is 240 g/mol. The average Bonchev–Trinajstić information content (AvgIpc) is 2.28. The van der Waals surface area contributed by atoms with Gasteiger partial charge in [-0.15, -0.1) is 0 Å². The molecule has 1 rings (SSSR count). The third kappa shape index (κ3) is 3.90. The van der Waals surface area contributed by atoms with Crippen LogP contribution in [0.5, 0.6) is 0 Å². The van der Waals surface area contributed by atoms with Crippen LogP contribution in [0.4, 0.5) is 0 Å². The summed E-state index contributed by atoms with van der Waals surface area (Å²) in [4.78, 5) is 0. The van der Waals surface area contributed by atoms with Crippen LogP contribution in [0.15, 0.2) is 24.3 Å². The Morgan fingerprint density at radius 3 is 2.38 bits per heavy atom. The van der Waals surface area contributed by atoms with Gasteiger partial charge in [0.25, 0.3) is 0 Å². The van der Waals surface area contributed by atoms with Gasteiger partial charge in [0.1, 0.15) is 0 Å². The first-order valence-electron chi connectivity index (χ1n) is 5.56. The van der Waals surface area contributed by atoms with Crippen LogP contribution in [0.1, 0.15) is 31.9 Å². The average molecular weight is 258 g/mol. The predicted molar refractivity (Wildman–Crippen MR) is 68.9 cm³/mol. The topological polar surface area (TPSA) is 18.5 Å². The van der Waals surface area contributed by atoms with Gasteiger partial charge in [-0.1, -0.05) is 30.7 Å². The lowest BCUT2D eigenvalue weighted by Gasteiger charge is -2.20. The van der Waals surface area contributed by atoms with Gasteiger partial charge in [0.2, 0.25) is 0 Å². The molecule has 0 heterocycles. The summed E-state index contributed by atoms with van der Waals surface area (Å²) in [5.74, 6) is 0. The highest BCUT2D eigenvalue weighted by Gasteiger charge is 2.25. The summed E-state index contributed by atoms with van der Waals surface area (Å²) in [6.45, 7) is 7.51. The zero-order valence-electron chi connectivity index (χ0n) is 10.00. The van der Waals surface area contributed by atoms with Crippen LogP contribution in [0, 0.1) is 0 Å². The van der Waals surface area contributed by atoms with Crippen molar-refractivity contribution in [2.45, 2.75) is 26.3 Å². The van der Waals surface area contributed by atoms with E-state index in [-0.39, 0.29) is 5.54 Å². The number of hydrogen-bond acceptors (Lipinski definition) is 2. The van der Waals surface area contributed by atoms with Crippen LogP contribution < -0.4 is 0 Å². The summed E-state index contributed by atoms with van der Waals surface area (Å²) in [7, 11) is -1.25. The van der Waals surface area contributed by atoms with Gasteiger partial charge in [-0.25, -0.2) is 0 Å². The van der Waals surface area contributed by atoms with Crippen LogP contribution >= 0.6 is 11.6 Å². The second-order valence-electron chi connectivity index (χ2n) is 3.46. The number of hydrogen-bond donors (Lipinski definition) is 0. The summed E-state index contributed by atoms with van der Waals surface area (Å²) < 4.78 is 11.3. The second-order valence-corrected chi connectivity index (χ2v) is 5.98. The van der Waals surface area contributed by atoms with Gasteiger partial charge >= 0.3 is 9.28 Å². The Labute approximate surface area is 104 Å². The zero-order chi connectivity index (χ0) is 12.0. The molecule has 0 saturated heterocycles. The zero-order valence-corrected chi connectivity index (χ0v) is 11.8. The Hall–Kier alpha value is -0.353. The molecule has 16 heavy (non-hydrogen) atoms. The van der Waals surface area contributed by atoms with E-state index in [9.17, 15) is 0 Å². The lowest BCUT2D eigenvalue weighted by molar-refractivity contribution is 0.206. The van der Waals surface area contributed by atoms with E-state index in [0.29, 0.717) is 13.2 Å². The molecule has 0 saturated carbocycles. The highest BCUT2D eigenvalue weighted by molar-refractivity contribution is 6.46. The first kappa shape index (κ1) is 13.7. The highest BCUT2D eigenvalue weighted by Crippen LogP contribution is 2.22. The molecule has 1 aromatic carbocycles. The van der Waals surface area contributed by atoms with E-state index >= 15 is 0 Å². The normalized spacial score (nSPS) is 13.1. The Morgan fingerprint density at radius 1 is 1.25 bits per heavy atom. The molecule has 4 heteroatoms. The predicted octanol–water partition coefficient (Wildman–Crippen LogP) is 3.54. The van der Waals surface area contributed by atoms with Crippen molar-refractivity contribution in [1.82, 2.24) is 0 Å². The molecule has 2 nitrogen and oxygen atoms in total. The fourth-order valence-electron chi connectivity index (χ4n) is 1.49. The van der Waals surface area contributed by atoms with Crippen molar-refractivity contribution in [2.75, 3.05) is 13.2 Å². The molecule has 1 aromatic rings. The first-order valence-corrected chi connectivity index (χ1v) is 7.34. The Morgan fingerprint density at radius 2 is 1.88 bits per heavy atom. The van der Waals surface area contributed by atoms with E-state index in [1.54, 1.807) is 0 Å². The molecule has 0 N–H and O–H groups in total. The highest BCUT2D eigenvalue weighted by atomic mass is 35.5. The van der Waals surface area contributed by atoms with Gasteiger partial charge in [-0.2, -0.15) is 0 Å². The molecule has 0 aliphatic heterocycles. The molecule has 0 aliphatic carbocycles. The lowest BCUT2D eigenvalue weighted by Crippen LogP contribution is -2.29. The number of halogens is 1. The monoisotopic (exact) mass is 257 g/mol. The SMILES string of the molecule is CCO[Si](OCC)C(C)c1cccc(Cl)c1. The second kappa shape index (κ2) is 7.07. The van der Waals surface area contributed by atoms with E-state index in [2.05, 4.69) is 13.0 Å². The molecule has 89 valence electrons. The van der Waals surface area contributed by atoms with E-state index in [4.69, 9.17) is 20.5 Å². The van der Waals surface area contributed by atoms with E-state index in [1.807, 2.05) is 32.0 Å². The summed E-state index contributed by atoms with van der Waals surface area (Å²) in [5, 5.41) is 0.763. The maximum absolute atomic E-state index is 5.98. The molecule has 0 amide bonds. The summed E-state index contributed by atoms with van der Waals surface area (Å²) in [5.41, 5.74) is 1.46. The Kier molecular flexibility index (Phi) is 6.06. The van der Waals surface area contributed by atoms with Gasteiger partial charge in [0.15, 0.2) is 0 Å². The Balaban J connectivity index is 2.76. The van der Waals surface area contributed by atoms with Crippen molar-refractivity contribution < 1.29 is 8.85 Å². The van der Waals surface area contributed by atoms with Crippen LogP contribution in [0.3, 0.4) is 0 Å². The third-order valence-corrected chi connectivity index (χ3v) is 4.70. The molecule has 1 radical (unpaired) electrons. The smallest absolute Gasteiger partial charge is 0.392 e. The minimum atomic E-state index is -1.25. The van der Waals surface area contributed by atoms with E-state index in [1.165, 1.54) is 5.56 Å². The lowest BCUT2D eigenvalue weighted by atomic mass is 10.2. The maximum atomic E-state index is 5.98. The minimum Gasteiger partial charge on any atom is -0.393 e. The molecule has 1 atom stereocenters. The molecule has 1 unspecified atom stereocenters. The fourth-order valence-corrected chi connectivity index (χ4v) is 3.29. The van der Waals surface area contributed by atoms with Crippen molar-refractivity contribution in [3.8, 4) is 0 Å². The van der Waals surface area contributed by atoms with E-state index in [0.717, 1.165) is 5.02 Å². The van der Waals surface area contributed by atoms with Crippen molar-refractivity contribution in [3.05, 3.63) is 34.9 Å². The van der Waals surface area contributed by atoms with Gasteiger partial charge in [0.05, 0.1) is 0 Å². The standard InChI is InChI=1S/C12H18ClO2Si/c1-4-14-16(15-5-2)10(3)11-7-6-8-12(13)9-11/h6-10H,4-5H2,1-3H3. The minimum absolute atomic E-state index is 0.281. The molecular formula is C12H18ClO2Si. The number of rotatable bonds is 6. The molecule has 0 bridgehead atoms. The largest absolute Gasteiger partial charge is 0.393 e. The van der Waals surface area contributed by atoms with Crippen LogP contribution in [0.2, 0.25) is 5.02 Å². The van der Waals surface area contributed by atoms with Gasteiger partial charge in [-0.3, -0.25) is 0 Å². The van der Waals surface area contributed by atoms with Crippen LogP contribution in [0.25, 0.3) is 0 Å². The van der Waals surface area contributed by atoms with Crippen molar-refractivity contribution in [1.29, 1.82) is 0 Å². The van der Waals surface area contributed by atoms with Crippen molar-refractivity contribution in [2.24, 2.45) is 0 Å². The van der Waals surface area contributed by atoms with Gasteiger partial charge in [0, 0.05) is 23.8 Å². The molecule has 0 spiro atoms. The maximum Gasteiger partial charge on any atom is 0.392 e. The quantitative estimate of drug-likeness (QED) is 0.726. The number of benzene rings is 1. The molecule has 0 fully saturated rings. The Bertz CT molecular complexity index is 314. The van der Waals surface area contributed by atoms with Gasteiger partial charge in [-0.05, 0) is 31.5 Å². The van der Waals surface area contributed by atoms with Gasteiger partial charge < -0.3 is 8.85 Å². The summed E-state index contributed by atoms with van der Waals surface area (Å²) in [6.07, 6.45) is 0. The first-order chi connectivity index (χ1) is 7.69. The van der Waals surface area contributed by atoms with E-state index < -0.39 is 9.28 Å². The summed E-state index contributed by atoms with van der Waals surface area (Å²) in [6, 6.07) is 7.89. The fraction of sp³-hybridized carbons (Fsp3) is 0.500. The van der Waals surface area contributed by atoms with Crippen LogP contribution in [-0.2, 0) is 8.85 Å².